The van der Waals surface area contributed by atoms with Gasteiger partial charge in [0.25, 0.3) is 0 Å². The molecule has 108 heavy (non-hydrogen) atoms. The van der Waals surface area contributed by atoms with Gasteiger partial charge in [0.15, 0.2) is 0 Å². The predicted octanol–water partition coefficient (Wildman–Crippen LogP) is 30.3. The third kappa shape index (κ3) is 59.3. The van der Waals surface area contributed by atoms with Crippen LogP contribution >= 0.6 is 0 Å². The summed E-state index contributed by atoms with van der Waals surface area (Å²) < 4.78 is 37.7. The first kappa shape index (κ1) is 102. The van der Waals surface area contributed by atoms with Crippen molar-refractivity contribution in [2.75, 3.05) is 0 Å². The average molecular weight is 1730 g/mol. The van der Waals surface area contributed by atoms with Crippen LogP contribution in [0, 0.1) is 0 Å². The summed E-state index contributed by atoms with van der Waals surface area (Å²) in [6, 6.07) is 0. The Kier molecular flexibility index (Phi) is 70.4. The zero-order valence-electron chi connectivity index (χ0n) is 71.6. The average Bonchev–Trinajstić information content (AvgIpc) is 1.60. The van der Waals surface area contributed by atoms with Crippen molar-refractivity contribution in [3.63, 3.8) is 0 Å². The minimum absolute atomic E-state index is 0.0130. The van der Waals surface area contributed by atoms with Crippen molar-refractivity contribution in [2.45, 2.75) is 525 Å². The zero-order valence-corrected chi connectivity index (χ0v) is 77.3. The Labute approximate surface area is 677 Å². The molecule has 0 saturated heterocycles. The molecule has 2 unspecified atom stereocenters. The van der Waals surface area contributed by atoms with Crippen LogP contribution < -0.4 is 0 Å². The van der Waals surface area contributed by atoms with E-state index in [-0.39, 0.29) is 32.0 Å². The second-order valence-corrected chi connectivity index (χ2v) is 47.4. The molecular weight excluding hydrogens is 1560 g/mol. The van der Waals surface area contributed by atoms with Crippen molar-refractivity contribution in [1.29, 1.82) is 0 Å². The topological polar surface area (TPSA) is 158 Å². The van der Waals surface area contributed by atoms with Crippen LogP contribution in [0.4, 0.5) is 0 Å². The van der Waals surface area contributed by atoms with Crippen LogP contribution in [0.2, 0.25) is 8.87 Å². The monoisotopic (exact) mass is 1730 g/mol. The summed E-state index contributed by atoms with van der Waals surface area (Å²) >= 11 is -10.9. The molecule has 0 bridgehead atoms. The SMILES string of the molecule is CCCCCCCCCCCCCCCCCCCCCCC1=CC(=O)[O][Sn]([CH2]CCCCCCC)([O]C(=O)/C=C(/CCCCCCCCCCCCCCCCCCCCCC)C(=O)[O][Sn]2([CH2]CCCCCCC)[O]C(=O)C=C(CCCCCCCCCCCCCCCCCCCCCC)C(=O)[O]2)[O]C1=O. The van der Waals surface area contributed by atoms with Gasteiger partial charge in [-0.15, -0.1) is 0 Å². The van der Waals surface area contributed by atoms with Gasteiger partial charge < -0.3 is 0 Å². The van der Waals surface area contributed by atoms with Gasteiger partial charge in [0, 0.05) is 0 Å². The van der Waals surface area contributed by atoms with Crippen LogP contribution in [0.25, 0.3) is 0 Å². The fourth-order valence-electron chi connectivity index (χ4n) is 15.7. The Hall–Kier alpha value is -2.36. The molecule has 0 aromatic heterocycles. The minimum atomic E-state index is -5.47. The summed E-state index contributed by atoms with van der Waals surface area (Å²) in [7, 11) is 0. The fraction of sp³-hybridized carbons (Fsp3) is 0.872. The van der Waals surface area contributed by atoms with E-state index in [1.165, 1.54) is 314 Å². The Morgan fingerprint density at radius 3 is 0.713 bits per heavy atom. The molecule has 0 spiro atoms. The first-order chi connectivity index (χ1) is 53.0. The summed E-state index contributed by atoms with van der Waals surface area (Å²) in [5, 5.41) is 0. The van der Waals surface area contributed by atoms with Crippen molar-refractivity contribution in [2.24, 2.45) is 0 Å². The van der Waals surface area contributed by atoms with Gasteiger partial charge in [0.1, 0.15) is 0 Å². The molecular formula is C94H172O12Sn2. The Balaban J connectivity index is 2.16. The molecule has 2 aliphatic rings. The molecule has 0 fully saturated rings. The Morgan fingerprint density at radius 2 is 0.472 bits per heavy atom. The van der Waals surface area contributed by atoms with Crippen LogP contribution in [-0.2, 0) is 47.2 Å². The molecule has 0 aromatic carbocycles. The summed E-state index contributed by atoms with van der Waals surface area (Å²) in [4.78, 5) is 85.9. The molecule has 14 heteroatoms. The molecule has 0 aromatic rings. The molecule has 0 N–H and O–H groups in total. The zero-order chi connectivity index (χ0) is 78.0. The number of hydrogen-bond acceptors (Lipinski definition) is 12. The molecule has 0 saturated carbocycles. The molecule has 0 radical (unpaired) electrons. The first-order valence-corrected chi connectivity index (χ1v) is 58.5. The van der Waals surface area contributed by atoms with Crippen molar-refractivity contribution >= 4 is 75.1 Å². The predicted molar refractivity (Wildman–Crippen MR) is 457 cm³/mol. The number of carbonyl (C=O) groups excluding carboxylic acids is 6. The number of rotatable bonds is 81. The van der Waals surface area contributed by atoms with Crippen LogP contribution in [0.15, 0.2) is 34.9 Å². The standard InChI is InChI=1S/3C26H48O4.2C8H17.2Sn/c3*1-2-3-4-5-6-7-8-9-10-11-12-13-14-15-16-17-18-19-20-21-22-24(26(29)30)23-25(27)28;2*1-3-5-7-8-6-4-2;;/h3*23H,2-22H2,1H3,(H,27,28)(H,29,30);2*1,3-8H2,2H3;;/q;;;;;2*+3/p-6/b24-23-;;;;;;. The summed E-state index contributed by atoms with van der Waals surface area (Å²) in [5.74, 6) is -4.68. The van der Waals surface area contributed by atoms with Gasteiger partial charge in [-0.3, -0.25) is 0 Å². The van der Waals surface area contributed by atoms with E-state index in [1.807, 2.05) is 0 Å². The van der Waals surface area contributed by atoms with E-state index in [0.29, 0.717) is 44.9 Å². The van der Waals surface area contributed by atoms with Crippen LogP contribution in [0.3, 0.4) is 0 Å². The van der Waals surface area contributed by atoms with E-state index < -0.39 is 75.1 Å². The van der Waals surface area contributed by atoms with Gasteiger partial charge in [0.2, 0.25) is 0 Å². The van der Waals surface area contributed by atoms with E-state index in [2.05, 4.69) is 34.6 Å². The number of carbonyl (C=O) groups is 6. The third-order valence-electron chi connectivity index (χ3n) is 22.7. The van der Waals surface area contributed by atoms with Crippen molar-refractivity contribution in [3.05, 3.63) is 34.9 Å². The maximum absolute atomic E-state index is 15.0. The second-order valence-electron chi connectivity index (χ2n) is 33.2. The van der Waals surface area contributed by atoms with Gasteiger partial charge in [-0.1, -0.05) is 252 Å². The van der Waals surface area contributed by atoms with E-state index in [4.69, 9.17) is 18.4 Å². The molecule has 2 rings (SSSR count). The van der Waals surface area contributed by atoms with Gasteiger partial charge >= 0.3 is 430 Å². The fourth-order valence-corrected chi connectivity index (χ4v) is 28.7. The quantitative estimate of drug-likeness (QED) is 0.0323. The maximum atomic E-state index is 15.0. The summed E-state index contributed by atoms with van der Waals surface area (Å²) in [6.45, 7) is 11.2. The van der Waals surface area contributed by atoms with Crippen LogP contribution in [-0.4, -0.2) is 75.1 Å². The van der Waals surface area contributed by atoms with Crippen molar-refractivity contribution in [1.82, 2.24) is 0 Å². The van der Waals surface area contributed by atoms with Crippen molar-refractivity contribution in [3.8, 4) is 0 Å². The van der Waals surface area contributed by atoms with Gasteiger partial charge in [-0.25, -0.2) is 0 Å². The molecule has 2 atom stereocenters. The second kappa shape index (κ2) is 74.7. The molecule has 0 aliphatic carbocycles. The van der Waals surface area contributed by atoms with Gasteiger partial charge in [-0.2, -0.15) is 0 Å². The number of unbranched alkanes of at least 4 members (excludes halogenated alkanes) is 67. The van der Waals surface area contributed by atoms with Crippen LogP contribution in [0.5, 0.6) is 0 Å². The Morgan fingerprint density at radius 1 is 0.269 bits per heavy atom. The molecule has 628 valence electrons. The van der Waals surface area contributed by atoms with E-state index in [9.17, 15) is 24.0 Å². The Bertz CT molecular complexity index is 2280. The van der Waals surface area contributed by atoms with E-state index in [0.717, 1.165) is 134 Å². The first-order valence-electron chi connectivity index (χ1n) is 47.5. The van der Waals surface area contributed by atoms with E-state index >= 15 is 4.79 Å². The van der Waals surface area contributed by atoms with Gasteiger partial charge in [0.05, 0.1) is 0 Å². The molecule has 2 heterocycles. The molecule has 12 nitrogen and oxygen atoms in total. The van der Waals surface area contributed by atoms with Gasteiger partial charge in [-0.05, 0) is 0 Å². The van der Waals surface area contributed by atoms with Crippen LogP contribution in [0.1, 0.15) is 516 Å². The third-order valence-corrected chi connectivity index (χ3v) is 36.9. The van der Waals surface area contributed by atoms with E-state index in [1.54, 1.807) is 0 Å². The number of hydrogen-bond donors (Lipinski definition) is 0. The van der Waals surface area contributed by atoms with Crippen molar-refractivity contribution < 1.29 is 47.2 Å². The molecule has 0 amide bonds. The summed E-state index contributed by atoms with van der Waals surface area (Å²) in [6.07, 6.45) is 90.7. The normalized spacial score (nSPS) is 16.2. The molecule has 2 aliphatic heterocycles. The summed E-state index contributed by atoms with van der Waals surface area (Å²) in [5.41, 5.74) is 0.451.